The van der Waals surface area contributed by atoms with Crippen molar-refractivity contribution in [1.82, 2.24) is 14.1 Å². The molecule has 0 amide bonds. The summed E-state index contributed by atoms with van der Waals surface area (Å²) in [5.41, 5.74) is 8.58. The van der Waals surface area contributed by atoms with Gasteiger partial charge in [-0.25, -0.2) is 4.98 Å². The van der Waals surface area contributed by atoms with E-state index < -0.39 is 67.3 Å². The first-order valence-electron chi connectivity index (χ1n) is 26.4. The van der Waals surface area contributed by atoms with E-state index in [9.17, 15) is 5.48 Å². The van der Waals surface area contributed by atoms with Gasteiger partial charge >= 0.3 is 6.92 Å². The Balaban J connectivity index is 1.05. The molecule has 13 rings (SSSR count). The van der Waals surface area contributed by atoms with Crippen LogP contribution in [0.15, 0.2) is 194 Å². The summed E-state index contributed by atoms with van der Waals surface area (Å²) in [6, 6.07) is 35.5. The third-order valence-electron chi connectivity index (χ3n) is 12.6. The van der Waals surface area contributed by atoms with Gasteiger partial charge in [0.25, 0.3) is 6.33 Å². The fourth-order valence-electron chi connectivity index (χ4n) is 9.63. The van der Waals surface area contributed by atoms with Gasteiger partial charge in [-0.15, -0.1) is 0 Å². The predicted molar refractivity (Wildman–Crippen MR) is 263 cm³/mol. The standard InChI is InChI=1S/C58H41BN4O2/c1-58(2,3)39-31-32-60-54(33-39)63-49-24-13-11-20-45(49)46-27-25-40(34-51(46)63)64-41-26-30-53-52(35-41)62-36-61(50-29-28-47-44-19-10-12-23-48(44)59(65-53)55(47)57(50)62)56-42(37-15-6-4-7-16-37)21-14-22-43(56)38-17-8-5-9-18-38/h4-35H,1-3H3/i4D,5D,6D,7D,8D,9D,15D,16D,17D,18D. The molecule has 2 aliphatic rings. The van der Waals surface area contributed by atoms with Crippen LogP contribution in [0.25, 0.3) is 83.4 Å². The summed E-state index contributed by atoms with van der Waals surface area (Å²) in [6.07, 6.45) is 5.43. The van der Waals surface area contributed by atoms with Crippen molar-refractivity contribution in [2.45, 2.75) is 26.2 Å². The van der Waals surface area contributed by atoms with Crippen molar-refractivity contribution in [3.63, 3.8) is 0 Å². The predicted octanol–water partition coefficient (Wildman–Crippen LogP) is 12.1. The van der Waals surface area contributed by atoms with Gasteiger partial charge in [0, 0.05) is 23.0 Å². The molecule has 65 heavy (non-hydrogen) atoms. The van der Waals surface area contributed by atoms with Crippen LogP contribution in [-0.2, 0) is 5.41 Å². The van der Waals surface area contributed by atoms with Gasteiger partial charge in [0.15, 0.2) is 0 Å². The summed E-state index contributed by atoms with van der Waals surface area (Å²) in [7, 11) is 0. The maximum Gasteiger partial charge on any atom is 0.423 e. The van der Waals surface area contributed by atoms with Crippen molar-refractivity contribution in [1.29, 1.82) is 0 Å². The van der Waals surface area contributed by atoms with E-state index in [0.29, 0.717) is 34.0 Å². The molecular weight excluding hydrogens is 795 g/mol. The highest BCUT2D eigenvalue weighted by Crippen LogP contribution is 2.41. The van der Waals surface area contributed by atoms with E-state index in [4.69, 9.17) is 22.6 Å². The molecule has 0 unspecified atom stereocenters. The number of ether oxygens (including phenoxy) is 1. The first-order chi connectivity index (χ1) is 36.0. The summed E-state index contributed by atoms with van der Waals surface area (Å²) in [4.78, 5) is 4.86. The van der Waals surface area contributed by atoms with Gasteiger partial charge in [-0.3, -0.25) is 13.7 Å². The minimum atomic E-state index is -0.588. The number of hydrogen-bond donors (Lipinski definition) is 0. The number of benzene rings is 8. The smallest absolute Gasteiger partial charge is 0.423 e. The Hall–Kier alpha value is -8.16. The van der Waals surface area contributed by atoms with Crippen molar-refractivity contribution in [2.24, 2.45) is 0 Å². The zero-order valence-corrected chi connectivity index (χ0v) is 35.4. The number of aromatic nitrogens is 4. The van der Waals surface area contributed by atoms with Crippen molar-refractivity contribution in [3.05, 3.63) is 206 Å². The molecule has 0 saturated carbocycles. The largest absolute Gasteiger partial charge is 0.554 e. The summed E-state index contributed by atoms with van der Waals surface area (Å²) >= 11 is 0. The normalized spacial score (nSPS) is 14.8. The number of fused-ring (bicyclic) bond motifs is 8. The Kier molecular flexibility index (Phi) is 6.22. The summed E-state index contributed by atoms with van der Waals surface area (Å²) in [5, 5.41) is 2.10. The van der Waals surface area contributed by atoms with Crippen LogP contribution in [0.1, 0.15) is 40.0 Å². The van der Waals surface area contributed by atoms with Gasteiger partial charge in [-0.1, -0.05) is 154 Å². The Morgan fingerprint density at radius 3 is 2.14 bits per heavy atom. The zero-order valence-electron chi connectivity index (χ0n) is 45.4. The lowest BCUT2D eigenvalue weighted by atomic mass is 9.58. The zero-order chi connectivity index (χ0) is 52.1. The van der Waals surface area contributed by atoms with E-state index in [-0.39, 0.29) is 33.4 Å². The molecule has 5 heterocycles. The summed E-state index contributed by atoms with van der Waals surface area (Å²) in [6.45, 7) is 5.95. The van der Waals surface area contributed by atoms with E-state index in [0.717, 1.165) is 55.2 Å². The number of imidazole rings is 1. The van der Waals surface area contributed by atoms with Gasteiger partial charge in [0.2, 0.25) is 0 Å². The molecule has 308 valence electrons. The number of pyridine rings is 1. The molecular formula is C58H41BN4O2. The van der Waals surface area contributed by atoms with Gasteiger partial charge in [0.1, 0.15) is 28.8 Å². The fourth-order valence-corrected chi connectivity index (χ4v) is 9.63. The van der Waals surface area contributed by atoms with Crippen LogP contribution in [0.4, 0.5) is 0 Å². The lowest BCUT2D eigenvalue weighted by Gasteiger charge is -2.20. The van der Waals surface area contributed by atoms with E-state index in [1.165, 1.54) is 0 Å². The third kappa shape index (κ3) is 5.82. The second kappa shape index (κ2) is 14.2. The maximum atomic E-state index is 9.18. The Bertz CT molecular complexity index is 4190. The molecule has 2 aliphatic heterocycles. The highest BCUT2D eigenvalue weighted by atomic mass is 16.5. The van der Waals surface area contributed by atoms with Crippen LogP contribution in [-0.4, -0.2) is 21.0 Å². The molecule has 0 spiro atoms. The van der Waals surface area contributed by atoms with Crippen LogP contribution in [0.3, 0.4) is 0 Å². The minimum absolute atomic E-state index is 0.105. The lowest BCUT2D eigenvalue weighted by Crippen LogP contribution is -2.44. The average Bonchev–Trinajstić information content (AvgIpc) is 4.06. The maximum absolute atomic E-state index is 9.18. The topological polar surface area (TPSA) is 45.1 Å². The fraction of sp³-hybridized carbons (Fsp3) is 0.0690. The summed E-state index contributed by atoms with van der Waals surface area (Å²) in [5.74, 6) is 2.32. The van der Waals surface area contributed by atoms with E-state index in [1.807, 2.05) is 95.7 Å². The molecule has 0 atom stereocenters. The quantitative estimate of drug-likeness (QED) is 0.0951. The van der Waals surface area contributed by atoms with Crippen molar-refractivity contribution in [2.75, 3.05) is 0 Å². The van der Waals surface area contributed by atoms with Crippen LogP contribution in [0.5, 0.6) is 17.2 Å². The first-order valence-corrected chi connectivity index (χ1v) is 21.4. The van der Waals surface area contributed by atoms with Crippen LogP contribution >= 0.6 is 0 Å². The Morgan fingerprint density at radius 1 is 0.662 bits per heavy atom. The van der Waals surface area contributed by atoms with Crippen molar-refractivity contribution < 1.29 is 27.7 Å². The van der Waals surface area contributed by atoms with E-state index in [2.05, 4.69) is 55.9 Å². The van der Waals surface area contributed by atoms with Crippen molar-refractivity contribution in [3.8, 4) is 67.8 Å². The van der Waals surface area contributed by atoms with Crippen LogP contribution in [0.2, 0.25) is 0 Å². The van der Waals surface area contributed by atoms with Gasteiger partial charge < -0.3 is 9.39 Å². The highest BCUT2D eigenvalue weighted by Gasteiger charge is 2.41. The van der Waals surface area contributed by atoms with Gasteiger partial charge in [-0.2, -0.15) is 0 Å². The summed E-state index contributed by atoms with van der Waals surface area (Å²) < 4.78 is 108. The molecule has 7 heteroatoms. The van der Waals surface area contributed by atoms with Crippen LogP contribution < -0.4 is 24.9 Å². The number of rotatable bonds is 6. The van der Waals surface area contributed by atoms with E-state index in [1.54, 1.807) is 22.8 Å². The number of para-hydroxylation sites is 2. The highest BCUT2D eigenvalue weighted by molar-refractivity contribution is 6.87. The molecule has 0 aliphatic carbocycles. The molecule has 0 bridgehead atoms. The lowest BCUT2D eigenvalue weighted by molar-refractivity contribution is -0.571. The monoisotopic (exact) mass is 846 g/mol. The minimum Gasteiger partial charge on any atom is -0.554 e. The Labute approximate surface area is 391 Å². The molecule has 11 aromatic rings. The van der Waals surface area contributed by atoms with Crippen LogP contribution in [0, 0.1) is 6.33 Å². The average molecular weight is 847 g/mol. The molecule has 8 aromatic carbocycles. The SMILES string of the molecule is [2H]c1c([2H])c([2H])c(-c2cccc(-c3c([2H])c([2H])c([2H])c([2H])c3[2H])c2-[n+]2[c-]n3c4c5c(ccc42)-c2ccccc2B5Oc2ccc(Oc4ccc5c6ccccc6n(-c6cc(C(C)(C)C)ccn6)c5c4)cc2-3)c([2H])c1[2H]. The molecule has 0 radical (unpaired) electrons. The van der Waals surface area contributed by atoms with Gasteiger partial charge in [-0.05, 0) is 104 Å². The molecule has 0 fully saturated rings. The third-order valence-corrected chi connectivity index (χ3v) is 12.6. The number of nitrogens with zero attached hydrogens (tertiary/aromatic N) is 4. The van der Waals surface area contributed by atoms with Gasteiger partial charge in [0.05, 0.1) is 41.5 Å². The van der Waals surface area contributed by atoms with E-state index >= 15 is 0 Å². The second-order valence-electron chi connectivity index (χ2n) is 17.4. The molecule has 3 aromatic heterocycles. The molecule has 0 N–H and O–H groups in total. The first kappa shape index (κ1) is 28.5. The van der Waals surface area contributed by atoms with Crippen molar-refractivity contribution >= 4 is 50.7 Å². The second-order valence-corrected chi connectivity index (χ2v) is 17.4. The number of hydrogen-bond acceptors (Lipinski definition) is 3. The Morgan fingerprint density at radius 2 is 1.35 bits per heavy atom. The molecule has 0 saturated heterocycles. The molecule has 6 nitrogen and oxygen atoms in total.